The Hall–Kier alpha value is -3.35. The van der Waals surface area contributed by atoms with Gasteiger partial charge in [0.05, 0.1) is 18.5 Å². The Labute approximate surface area is 163 Å². The van der Waals surface area contributed by atoms with E-state index < -0.39 is 91.1 Å². The fraction of sp³-hybridized carbons (Fsp3) is 0.562. The normalized spacial score (nSPS) is 19.4. The van der Waals surface area contributed by atoms with Crippen LogP contribution in [0.15, 0.2) is 0 Å². The SMILES string of the molecule is C[C@H](N)C(=O)N[C@@H](CC(=O)O)C(=O)[C@H]1CC(=O)N([C@@H](CCC(=O)O)C(=O)O)C1=O. The quantitative estimate of drug-likeness (QED) is 0.176. The number of imide groups is 1. The lowest BCUT2D eigenvalue weighted by atomic mass is 9.94. The number of amides is 3. The first kappa shape index (κ1) is 23.7. The summed E-state index contributed by atoms with van der Waals surface area (Å²) in [5, 5.41) is 29.0. The fourth-order valence-corrected chi connectivity index (χ4v) is 2.77. The van der Waals surface area contributed by atoms with Crippen molar-refractivity contribution in [2.45, 2.75) is 50.7 Å². The molecule has 29 heavy (non-hydrogen) atoms. The molecule has 13 nitrogen and oxygen atoms in total. The number of nitrogens with one attached hydrogen (secondary N) is 1. The van der Waals surface area contributed by atoms with Crippen LogP contribution in [0.4, 0.5) is 0 Å². The number of carboxylic acids is 3. The van der Waals surface area contributed by atoms with E-state index in [0.717, 1.165) is 0 Å². The van der Waals surface area contributed by atoms with E-state index in [0.29, 0.717) is 4.90 Å². The minimum Gasteiger partial charge on any atom is -0.481 e. The molecule has 0 aliphatic carbocycles. The van der Waals surface area contributed by atoms with E-state index in [1.54, 1.807) is 0 Å². The first-order valence-corrected chi connectivity index (χ1v) is 8.48. The summed E-state index contributed by atoms with van der Waals surface area (Å²) in [5.41, 5.74) is 5.36. The second-order valence-electron chi connectivity index (χ2n) is 6.50. The third kappa shape index (κ3) is 6.07. The predicted octanol–water partition coefficient (Wildman–Crippen LogP) is -2.44. The van der Waals surface area contributed by atoms with Gasteiger partial charge in [0.25, 0.3) is 0 Å². The second-order valence-corrected chi connectivity index (χ2v) is 6.50. The Balaban J connectivity index is 3.09. The van der Waals surface area contributed by atoms with E-state index in [1.807, 2.05) is 0 Å². The molecule has 1 saturated heterocycles. The predicted molar refractivity (Wildman–Crippen MR) is 91.1 cm³/mol. The van der Waals surface area contributed by atoms with Gasteiger partial charge >= 0.3 is 17.9 Å². The van der Waals surface area contributed by atoms with Crippen molar-refractivity contribution in [1.29, 1.82) is 0 Å². The minimum absolute atomic E-state index is 0.305. The van der Waals surface area contributed by atoms with Crippen LogP contribution in [0.1, 0.15) is 32.6 Å². The van der Waals surface area contributed by atoms with Gasteiger partial charge in [-0.2, -0.15) is 0 Å². The van der Waals surface area contributed by atoms with Crippen LogP contribution in [0.25, 0.3) is 0 Å². The van der Waals surface area contributed by atoms with Crippen LogP contribution in [0, 0.1) is 5.92 Å². The summed E-state index contributed by atoms with van der Waals surface area (Å²) in [6.45, 7) is 1.28. The summed E-state index contributed by atoms with van der Waals surface area (Å²) in [4.78, 5) is 82.5. The number of rotatable bonds is 11. The molecule has 0 aromatic heterocycles. The summed E-state index contributed by atoms with van der Waals surface area (Å²) in [7, 11) is 0. The maximum Gasteiger partial charge on any atom is 0.326 e. The molecule has 1 aliphatic rings. The van der Waals surface area contributed by atoms with E-state index in [-0.39, 0.29) is 0 Å². The Kier molecular flexibility index (Phi) is 7.95. The van der Waals surface area contributed by atoms with Crippen LogP contribution >= 0.6 is 0 Å². The fourth-order valence-electron chi connectivity index (χ4n) is 2.77. The first-order valence-electron chi connectivity index (χ1n) is 8.48. The monoisotopic (exact) mass is 415 g/mol. The molecular weight excluding hydrogens is 394 g/mol. The van der Waals surface area contributed by atoms with Crippen molar-refractivity contribution in [3.8, 4) is 0 Å². The van der Waals surface area contributed by atoms with Crippen LogP contribution in [-0.2, 0) is 33.6 Å². The Morgan fingerprint density at radius 2 is 1.72 bits per heavy atom. The van der Waals surface area contributed by atoms with Crippen LogP contribution in [0.5, 0.6) is 0 Å². The average Bonchev–Trinajstić information content (AvgIpc) is 2.88. The Bertz CT molecular complexity index is 747. The third-order valence-corrected chi connectivity index (χ3v) is 4.21. The molecule has 0 aromatic rings. The maximum absolute atomic E-state index is 12.6. The molecule has 3 amide bonds. The molecule has 0 saturated carbocycles. The molecule has 0 aromatic carbocycles. The summed E-state index contributed by atoms with van der Waals surface area (Å²) in [6.07, 6.45) is -2.81. The molecule has 1 aliphatic heterocycles. The van der Waals surface area contributed by atoms with Crippen molar-refractivity contribution in [3.63, 3.8) is 0 Å². The summed E-state index contributed by atoms with van der Waals surface area (Å²) >= 11 is 0. The highest BCUT2D eigenvalue weighted by molar-refractivity contribution is 6.17. The van der Waals surface area contributed by atoms with Crippen molar-refractivity contribution in [2.24, 2.45) is 11.7 Å². The molecule has 160 valence electrons. The zero-order valence-electron chi connectivity index (χ0n) is 15.4. The molecule has 0 radical (unpaired) electrons. The van der Waals surface area contributed by atoms with Crippen LogP contribution in [0.3, 0.4) is 0 Å². The number of nitrogens with zero attached hydrogens (tertiary/aromatic N) is 1. The molecule has 4 atom stereocenters. The number of likely N-dealkylation sites (tertiary alicyclic amines) is 1. The van der Waals surface area contributed by atoms with E-state index >= 15 is 0 Å². The van der Waals surface area contributed by atoms with Gasteiger partial charge < -0.3 is 26.4 Å². The number of Topliss-reactive ketones (excluding diaryl/α,β-unsaturated/α-hetero) is 1. The number of carboxylic acid groups (broad SMARTS) is 3. The van der Waals surface area contributed by atoms with E-state index in [9.17, 15) is 38.7 Å². The molecule has 0 spiro atoms. The number of nitrogens with two attached hydrogens (primary N) is 1. The lowest BCUT2D eigenvalue weighted by Gasteiger charge is -2.23. The largest absolute Gasteiger partial charge is 0.481 e. The van der Waals surface area contributed by atoms with Crippen molar-refractivity contribution < 1.29 is 48.9 Å². The van der Waals surface area contributed by atoms with E-state index in [1.165, 1.54) is 6.92 Å². The molecule has 1 fully saturated rings. The average molecular weight is 415 g/mol. The number of hydrogen-bond donors (Lipinski definition) is 5. The van der Waals surface area contributed by atoms with Gasteiger partial charge in [0.1, 0.15) is 12.0 Å². The lowest BCUT2D eigenvalue weighted by molar-refractivity contribution is -0.156. The molecule has 6 N–H and O–H groups in total. The topological polar surface area (TPSA) is 221 Å². The standard InChI is InChI=1S/C16H21N3O10/c1-6(17)14(26)18-8(5-12(23)24)13(25)7-4-10(20)19(15(7)27)9(16(28)29)2-3-11(21)22/h6-9H,2-5,17H2,1H3,(H,18,26)(H,21,22)(H,23,24)(H,28,29)/t6-,7+,8-,9-/m0/s1. The van der Waals surface area contributed by atoms with Crippen molar-refractivity contribution in [3.05, 3.63) is 0 Å². The number of ketones is 1. The molecular formula is C16H21N3O10. The van der Waals surface area contributed by atoms with Gasteiger partial charge in [-0.1, -0.05) is 0 Å². The van der Waals surface area contributed by atoms with Gasteiger partial charge in [0.15, 0.2) is 5.78 Å². The van der Waals surface area contributed by atoms with Crippen LogP contribution < -0.4 is 11.1 Å². The summed E-state index contributed by atoms with van der Waals surface area (Å²) in [6, 6.07) is -4.53. The summed E-state index contributed by atoms with van der Waals surface area (Å²) in [5.74, 6) is -10.3. The van der Waals surface area contributed by atoms with Gasteiger partial charge in [0.2, 0.25) is 17.7 Å². The highest BCUT2D eigenvalue weighted by Gasteiger charge is 2.49. The number of carbonyl (C=O) groups excluding carboxylic acids is 4. The molecule has 13 heteroatoms. The van der Waals surface area contributed by atoms with Crippen molar-refractivity contribution >= 4 is 41.4 Å². The van der Waals surface area contributed by atoms with Crippen molar-refractivity contribution in [2.75, 3.05) is 0 Å². The van der Waals surface area contributed by atoms with Gasteiger partial charge in [-0.15, -0.1) is 0 Å². The zero-order valence-corrected chi connectivity index (χ0v) is 15.4. The summed E-state index contributed by atoms with van der Waals surface area (Å²) < 4.78 is 0. The zero-order chi connectivity index (χ0) is 22.5. The lowest BCUT2D eigenvalue weighted by Crippen LogP contribution is -2.51. The van der Waals surface area contributed by atoms with Gasteiger partial charge in [-0.25, -0.2) is 4.79 Å². The highest BCUT2D eigenvalue weighted by Crippen LogP contribution is 2.26. The van der Waals surface area contributed by atoms with Crippen LogP contribution in [-0.4, -0.2) is 79.8 Å². The molecule has 0 unspecified atom stereocenters. The Morgan fingerprint density at radius 1 is 1.14 bits per heavy atom. The highest BCUT2D eigenvalue weighted by atomic mass is 16.4. The maximum atomic E-state index is 12.6. The second kappa shape index (κ2) is 9.73. The number of hydrogen-bond acceptors (Lipinski definition) is 8. The minimum atomic E-state index is -1.79. The van der Waals surface area contributed by atoms with Gasteiger partial charge in [0, 0.05) is 12.8 Å². The third-order valence-electron chi connectivity index (χ3n) is 4.21. The van der Waals surface area contributed by atoms with E-state index in [2.05, 4.69) is 5.32 Å². The smallest absolute Gasteiger partial charge is 0.326 e. The number of aliphatic carboxylic acids is 3. The number of carbonyl (C=O) groups is 7. The molecule has 0 bridgehead atoms. The molecule has 1 rings (SSSR count). The van der Waals surface area contributed by atoms with E-state index in [4.69, 9.17) is 15.9 Å². The Morgan fingerprint density at radius 3 is 2.17 bits per heavy atom. The van der Waals surface area contributed by atoms with Gasteiger partial charge in [-0.3, -0.25) is 33.7 Å². The van der Waals surface area contributed by atoms with Crippen LogP contribution in [0.2, 0.25) is 0 Å². The van der Waals surface area contributed by atoms with Crippen molar-refractivity contribution in [1.82, 2.24) is 10.2 Å². The first-order chi connectivity index (χ1) is 13.4. The molecule has 1 heterocycles. The van der Waals surface area contributed by atoms with Gasteiger partial charge in [-0.05, 0) is 13.3 Å².